The highest BCUT2D eigenvalue weighted by atomic mass is 32.2. The van der Waals surface area contributed by atoms with Crippen LogP contribution in [-0.2, 0) is 24.4 Å². The molecule has 0 aromatic heterocycles. The van der Waals surface area contributed by atoms with Crippen molar-refractivity contribution in [2.75, 3.05) is 31.6 Å². The summed E-state index contributed by atoms with van der Waals surface area (Å²) >= 11 is 4.02. The summed E-state index contributed by atoms with van der Waals surface area (Å²) in [5, 5.41) is 3.01. The summed E-state index contributed by atoms with van der Waals surface area (Å²) in [6.45, 7) is 15.0. The molecule has 1 aliphatic rings. The lowest BCUT2D eigenvalue weighted by molar-refractivity contribution is -0.132. The zero-order valence-corrected chi connectivity index (χ0v) is 26.2. The van der Waals surface area contributed by atoms with E-state index in [0.717, 1.165) is 32.1 Å². The Hall–Kier alpha value is -1.43. The molecule has 3 atom stereocenters. The summed E-state index contributed by atoms with van der Waals surface area (Å²) in [5.41, 5.74) is -0.300. The van der Waals surface area contributed by atoms with E-state index < -0.39 is 27.4 Å². The number of rotatable bonds is 15. The van der Waals surface area contributed by atoms with Crippen molar-refractivity contribution in [3.8, 4) is 0 Å². The SMILES string of the molecule is C/C(=C\[C@H](C(C)C)N(C)CC(C)(C)[C@@H](C=O)NC(=O)[C@@H]1CCCCN1C(C)C)C(=O)NS(=O)(=O)CCCS. The fraction of sp³-hybridized carbons (Fsp3) is 0.815. The van der Waals surface area contributed by atoms with E-state index in [1.54, 1.807) is 13.0 Å². The predicted molar refractivity (Wildman–Crippen MR) is 157 cm³/mol. The molecular formula is C27H50N4O5S2. The lowest BCUT2D eigenvalue weighted by atomic mass is 9.83. The zero-order valence-electron chi connectivity index (χ0n) is 24.5. The quantitative estimate of drug-likeness (QED) is 0.156. The average molecular weight is 575 g/mol. The smallest absolute Gasteiger partial charge is 0.260 e. The van der Waals surface area contributed by atoms with E-state index in [9.17, 15) is 22.8 Å². The highest BCUT2D eigenvalue weighted by Crippen LogP contribution is 2.26. The highest BCUT2D eigenvalue weighted by molar-refractivity contribution is 7.90. The van der Waals surface area contributed by atoms with Crippen LogP contribution in [0.1, 0.15) is 74.1 Å². The topological polar surface area (TPSA) is 116 Å². The molecule has 0 bridgehead atoms. The number of nitrogens with one attached hydrogen (secondary N) is 2. The van der Waals surface area contributed by atoms with Crippen LogP contribution in [0.4, 0.5) is 0 Å². The standard InChI is InChI=1S/C27H50N4O5S2/c1-19(2)23(16-21(5)25(33)29-38(35,36)15-11-14-37)30(8)18-27(6,7)24(17-32)28-26(34)22-12-9-10-13-31(22)20(3)4/h16-17,19-20,22-24,37H,9-15,18H2,1-8H3,(H,28,34)(H,29,33)/b21-16+/t22-,23+,24+/m0/s1. The van der Waals surface area contributed by atoms with Gasteiger partial charge < -0.3 is 10.1 Å². The van der Waals surface area contributed by atoms with E-state index >= 15 is 0 Å². The first-order valence-corrected chi connectivity index (χ1v) is 15.9. The Balaban J connectivity index is 2.99. The number of hydrogen-bond acceptors (Lipinski definition) is 8. The Morgan fingerprint density at radius 1 is 1.18 bits per heavy atom. The zero-order chi connectivity index (χ0) is 29.3. The fourth-order valence-electron chi connectivity index (χ4n) is 5.05. The van der Waals surface area contributed by atoms with Crippen LogP contribution in [0.2, 0.25) is 0 Å². The molecule has 11 heteroatoms. The van der Waals surface area contributed by atoms with Crippen molar-refractivity contribution < 1.29 is 22.8 Å². The largest absolute Gasteiger partial charge is 0.345 e. The van der Waals surface area contributed by atoms with E-state index in [1.807, 2.05) is 39.6 Å². The third kappa shape index (κ3) is 10.6. The van der Waals surface area contributed by atoms with Crippen molar-refractivity contribution in [2.24, 2.45) is 11.3 Å². The Morgan fingerprint density at radius 3 is 2.34 bits per heavy atom. The maximum atomic E-state index is 13.2. The molecule has 1 heterocycles. The Morgan fingerprint density at radius 2 is 1.82 bits per heavy atom. The van der Waals surface area contributed by atoms with Crippen LogP contribution in [-0.4, -0.2) is 92.1 Å². The fourth-order valence-corrected chi connectivity index (χ4v) is 6.49. The number of carbonyl (C=O) groups excluding carboxylic acids is 3. The van der Waals surface area contributed by atoms with Gasteiger partial charge in [0.1, 0.15) is 6.29 Å². The molecular weight excluding hydrogens is 524 g/mol. The second-order valence-electron chi connectivity index (χ2n) is 11.8. The van der Waals surface area contributed by atoms with Gasteiger partial charge in [-0.05, 0) is 65.3 Å². The summed E-state index contributed by atoms with van der Waals surface area (Å²) in [7, 11) is -1.82. The first-order valence-electron chi connectivity index (χ1n) is 13.6. The summed E-state index contributed by atoms with van der Waals surface area (Å²) in [6.07, 6.45) is 5.76. The summed E-state index contributed by atoms with van der Waals surface area (Å²) in [6, 6.07) is -0.877. The molecule has 2 N–H and O–H groups in total. The molecule has 0 aromatic carbocycles. The number of likely N-dealkylation sites (N-methyl/N-ethyl adjacent to an activating group) is 1. The third-order valence-corrected chi connectivity index (χ3v) is 8.87. The van der Waals surface area contributed by atoms with E-state index in [0.29, 0.717) is 24.3 Å². The molecule has 0 spiro atoms. The maximum Gasteiger partial charge on any atom is 0.260 e. The molecule has 2 amide bonds. The number of thiol groups is 1. The van der Waals surface area contributed by atoms with Gasteiger partial charge in [0.05, 0.1) is 17.8 Å². The minimum absolute atomic E-state index is 0.102. The van der Waals surface area contributed by atoms with Crippen LogP contribution < -0.4 is 10.0 Å². The number of likely N-dealkylation sites (tertiary alicyclic amines) is 1. The number of aldehydes is 1. The van der Waals surface area contributed by atoms with E-state index in [1.165, 1.54) is 0 Å². The van der Waals surface area contributed by atoms with Crippen molar-refractivity contribution in [1.82, 2.24) is 19.8 Å². The van der Waals surface area contributed by atoms with E-state index in [4.69, 9.17) is 0 Å². The molecule has 1 saturated heterocycles. The van der Waals surface area contributed by atoms with Gasteiger partial charge in [-0.3, -0.25) is 19.4 Å². The van der Waals surface area contributed by atoms with Crippen LogP contribution in [0.25, 0.3) is 0 Å². The van der Waals surface area contributed by atoms with Gasteiger partial charge in [0, 0.05) is 29.6 Å². The number of carbonyl (C=O) groups is 3. The third-order valence-electron chi connectivity index (χ3n) is 7.23. The van der Waals surface area contributed by atoms with Gasteiger partial charge in [-0.1, -0.05) is 40.2 Å². The Labute approximate surface area is 236 Å². The second kappa shape index (κ2) is 15.4. The maximum absolute atomic E-state index is 13.2. The minimum atomic E-state index is -3.72. The number of hydrogen-bond donors (Lipinski definition) is 3. The molecule has 0 aliphatic carbocycles. The van der Waals surface area contributed by atoms with Crippen LogP contribution in [0, 0.1) is 11.3 Å². The van der Waals surface area contributed by atoms with Crippen LogP contribution >= 0.6 is 12.6 Å². The monoisotopic (exact) mass is 574 g/mol. The van der Waals surface area contributed by atoms with E-state index in [2.05, 4.69) is 41.4 Å². The molecule has 1 fully saturated rings. The lowest BCUT2D eigenvalue weighted by Gasteiger charge is -2.41. The highest BCUT2D eigenvalue weighted by Gasteiger charge is 2.37. The summed E-state index contributed by atoms with van der Waals surface area (Å²) in [4.78, 5) is 42.2. The predicted octanol–water partition coefficient (Wildman–Crippen LogP) is 2.63. The normalized spacial score (nSPS) is 19.5. The number of piperidine rings is 1. The van der Waals surface area contributed by atoms with Gasteiger partial charge in [0.15, 0.2) is 0 Å². The van der Waals surface area contributed by atoms with Gasteiger partial charge in [-0.25, -0.2) is 13.1 Å². The molecule has 9 nitrogen and oxygen atoms in total. The summed E-state index contributed by atoms with van der Waals surface area (Å²) in [5.74, 6) is -0.406. The summed E-state index contributed by atoms with van der Waals surface area (Å²) < 4.78 is 26.4. The Kier molecular flexibility index (Phi) is 14.0. The van der Waals surface area contributed by atoms with Gasteiger partial charge in [0.25, 0.3) is 5.91 Å². The van der Waals surface area contributed by atoms with Crippen LogP contribution in [0.15, 0.2) is 11.6 Å². The van der Waals surface area contributed by atoms with Gasteiger partial charge >= 0.3 is 0 Å². The van der Waals surface area contributed by atoms with E-state index in [-0.39, 0.29) is 35.7 Å². The minimum Gasteiger partial charge on any atom is -0.345 e. The molecule has 1 rings (SSSR count). The molecule has 0 aromatic rings. The van der Waals surface area contributed by atoms with Crippen LogP contribution in [0.3, 0.4) is 0 Å². The van der Waals surface area contributed by atoms with Gasteiger partial charge in [0.2, 0.25) is 15.9 Å². The Bertz CT molecular complexity index is 934. The van der Waals surface area contributed by atoms with Gasteiger partial charge in [-0.2, -0.15) is 12.6 Å². The molecule has 38 heavy (non-hydrogen) atoms. The number of amides is 2. The molecule has 0 saturated carbocycles. The van der Waals surface area contributed by atoms with Crippen molar-refractivity contribution in [3.63, 3.8) is 0 Å². The van der Waals surface area contributed by atoms with Crippen molar-refractivity contribution in [2.45, 2.75) is 98.3 Å². The molecule has 0 unspecified atom stereocenters. The van der Waals surface area contributed by atoms with Crippen molar-refractivity contribution >= 4 is 40.8 Å². The van der Waals surface area contributed by atoms with Crippen molar-refractivity contribution in [3.05, 3.63) is 11.6 Å². The second-order valence-corrected chi connectivity index (χ2v) is 14.1. The first-order chi connectivity index (χ1) is 17.6. The molecule has 0 radical (unpaired) electrons. The number of nitrogens with zero attached hydrogens (tertiary/aromatic N) is 2. The van der Waals surface area contributed by atoms with Crippen LogP contribution in [0.5, 0.6) is 0 Å². The van der Waals surface area contributed by atoms with Gasteiger partial charge in [-0.15, -0.1) is 0 Å². The van der Waals surface area contributed by atoms with Crippen molar-refractivity contribution in [1.29, 1.82) is 0 Å². The number of sulfonamides is 1. The lowest BCUT2D eigenvalue weighted by Crippen LogP contribution is -2.58. The average Bonchev–Trinajstić information content (AvgIpc) is 2.83. The molecule has 1 aliphatic heterocycles. The first kappa shape index (κ1) is 34.6. The molecule has 220 valence electrons.